The van der Waals surface area contributed by atoms with Gasteiger partial charge in [-0.1, -0.05) is 31.2 Å². The molecule has 1 atom stereocenters. The summed E-state index contributed by atoms with van der Waals surface area (Å²) in [5.41, 5.74) is 6.50. The molecule has 0 radical (unpaired) electrons. The summed E-state index contributed by atoms with van der Waals surface area (Å²) in [6, 6.07) is 10.0. The Balaban J connectivity index is 2.34. The molecule has 0 saturated heterocycles. The number of nitrogen functional groups attached to an aromatic ring is 1. The Hall–Kier alpha value is -2.56. The molecule has 0 saturated carbocycles. The molecule has 2 rings (SSSR count). The molecule has 1 amide bonds. The van der Waals surface area contributed by atoms with E-state index in [0.717, 1.165) is 10.8 Å². The number of carbonyl (C=O) groups is 2. The lowest BCUT2D eigenvalue weighted by molar-refractivity contribution is -0.139. The third-order valence-electron chi connectivity index (χ3n) is 3.17. The van der Waals surface area contributed by atoms with Gasteiger partial charge in [0.25, 0.3) is 5.91 Å². The van der Waals surface area contributed by atoms with Crippen LogP contribution in [0.25, 0.3) is 10.8 Å². The summed E-state index contributed by atoms with van der Waals surface area (Å²) in [4.78, 5) is 23.1. The van der Waals surface area contributed by atoms with Crippen molar-refractivity contribution in [3.8, 4) is 0 Å². The van der Waals surface area contributed by atoms with Crippen LogP contribution in [0.5, 0.6) is 0 Å². The topological polar surface area (TPSA) is 92.4 Å². The van der Waals surface area contributed by atoms with Gasteiger partial charge in [0.15, 0.2) is 0 Å². The van der Waals surface area contributed by atoms with Crippen LogP contribution in [0.1, 0.15) is 23.7 Å². The molecule has 0 aliphatic rings. The molecule has 0 aliphatic carbocycles. The maximum atomic E-state index is 12.1. The summed E-state index contributed by atoms with van der Waals surface area (Å²) in [6.45, 7) is 1.70. The largest absolute Gasteiger partial charge is 0.480 e. The number of anilines is 1. The molecular formula is C15H16N2O3. The number of carbonyl (C=O) groups excluding carboxylic acids is 1. The first-order valence-corrected chi connectivity index (χ1v) is 6.35. The van der Waals surface area contributed by atoms with Crippen molar-refractivity contribution in [1.82, 2.24) is 5.32 Å². The number of rotatable bonds is 4. The molecular weight excluding hydrogens is 256 g/mol. The Morgan fingerprint density at radius 3 is 2.40 bits per heavy atom. The number of carboxylic acid groups (broad SMARTS) is 1. The summed E-state index contributed by atoms with van der Waals surface area (Å²) >= 11 is 0. The van der Waals surface area contributed by atoms with Crippen molar-refractivity contribution in [3.05, 3.63) is 42.0 Å². The number of hydrogen-bond donors (Lipinski definition) is 3. The fourth-order valence-electron chi connectivity index (χ4n) is 2.03. The van der Waals surface area contributed by atoms with Crippen LogP contribution in [0.4, 0.5) is 5.69 Å². The minimum atomic E-state index is -1.06. The predicted molar refractivity (Wildman–Crippen MR) is 77.5 cm³/mol. The van der Waals surface area contributed by atoms with Crippen LogP contribution in [0.2, 0.25) is 0 Å². The zero-order valence-electron chi connectivity index (χ0n) is 11.1. The van der Waals surface area contributed by atoms with E-state index in [1.54, 1.807) is 19.1 Å². The van der Waals surface area contributed by atoms with Crippen molar-refractivity contribution in [2.75, 3.05) is 5.73 Å². The van der Waals surface area contributed by atoms with Crippen molar-refractivity contribution in [2.24, 2.45) is 0 Å². The molecule has 5 heteroatoms. The van der Waals surface area contributed by atoms with Gasteiger partial charge in [0.2, 0.25) is 0 Å². The first kappa shape index (κ1) is 13.9. The zero-order valence-corrected chi connectivity index (χ0v) is 11.1. The average molecular weight is 272 g/mol. The second kappa shape index (κ2) is 5.61. The highest BCUT2D eigenvalue weighted by Crippen LogP contribution is 2.22. The Morgan fingerprint density at radius 1 is 1.25 bits per heavy atom. The minimum Gasteiger partial charge on any atom is -0.480 e. The lowest BCUT2D eigenvalue weighted by Gasteiger charge is -2.14. The molecule has 0 heterocycles. The van der Waals surface area contributed by atoms with Gasteiger partial charge in [0, 0.05) is 5.69 Å². The van der Waals surface area contributed by atoms with Crippen molar-refractivity contribution in [1.29, 1.82) is 0 Å². The second-order valence-electron chi connectivity index (χ2n) is 4.56. The van der Waals surface area contributed by atoms with Crippen molar-refractivity contribution >= 4 is 28.3 Å². The third kappa shape index (κ3) is 2.71. The standard InChI is InChI=1S/C15H16N2O3/c1-2-13(15(19)20)17-14(18)11-7-9-5-3-4-6-10(9)8-12(11)16/h3-8,13H,2,16H2,1H3,(H,17,18)(H,19,20)/t13-/m1/s1. The van der Waals surface area contributed by atoms with Crippen LogP contribution in [0.15, 0.2) is 36.4 Å². The van der Waals surface area contributed by atoms with Crippen LogP contribution in [-0.2, 0) is 4.79 Å². The van der Waals surface area contributed by atoms with Crippen molar-refractivity contribution in [3.63, 3.8) is 0 Å². The molecule has 5 nitrogen and oxygen atoms in total. The third-order valence-corrected chi connectivity index (χ3v) is 3.17. The molecule has 0 aliphatic heterocycles. The molecule has 104 valence electrons. The Kier molecular flexibility index (Phi) is 3.89. The highest BCUT2D eigenvalue weighted by atomic mass is 16.4. The van der Waals surface area contributed by atoms with E-state index in [-0.39, 0.29) is 0 Å². The lowest BCUT2D eigenvalue weighted by Crippen LogP contribution is -2.40. The van der Waals surface area contributed by atoms with Crippen LogP contribution in [0.3, 0.4) is 0 Å². The van der Waals surface area contributed by atoms with Gasteiger partial charge in [0.05, 0.1) is 5.56 Å². The van der Waals surface area contributed by atoms with E-state index in [1.807, 2.05) is 24.3 Å². The number of nitrogens with two attached hydrogens (primary N) is 1. The van der Waals surface area contributed by atoms with Gasteiger partial charge >= 0.3 is 5.97 Å². The van der Waals surface area contributed by atoms with Crippen molar-refractivity contribution in [2.45, 2.75) is 19.4 Å². The number of fused-ring (bicyclic) bond motifs is 1. The molecule has 0 spiro atoms. The average Bonchev–Trinajstić information content (AvgIpc) is 2.43. The molecule has 4 N–H and O–H groups in total. The summed E-state index contributed by atoms with van der Waals surface area (Å²) in [5.74, 6) is -1.53. The molecule has 0 fully saturated rings. The Labute approximate surface area is 116 Å². The van der Waals surface area contributed by atoms with Crippen LogP contribution in [0, 0.1) is 0 Å². The summed E-state index contributed by atoms with van der Waals surface area (Å²) in [6.07, 6.45) is 0.314. The van der Waals surface area contributed by atoms with E-state index >= 15 is 0 Å². The number of amides is 1. The number of hydrogen-bond acceptors (Lipinski definition) is 3. The molecule has 2 aromatic carbocycles. The van der Waals surface area contributed by atoms with E-state index < -0.39 is 17.9 Å². The maximum Gasteiger partial charge on any atom is 0.326 e. The Morgan fingerprint density at radius 2 is 1.85 bits per heavy atom. The molecule has 0 unspecified atom stereocenters. The number of nitrogens with one attached hydrogen (secondary N) is 1. The second-order valence-corrected chi connectivity index (χ2v) is 4.56. The number of benzene rings is 2. The van der Waals surface area contributed by atoms with Gasteiger partial charge in [-0.3, -0.25) is 4.79 Å². The van der Waals surface area contributed by atoms with Gasteiger partial charge in [-0.25, -0.2) is 4.79 Å². The fraction of sp³-hybridized carbons (Fsp3) is 0.200. The smallest absolute Gasteiger partial charge is 0.326 e. The number of carboxylic acids is 1. The predicted octanol–water partition coefficient (Wildman–Crippen LogP) is 2.01. The minimum absolute atomic E-state index is 0.295. The summed E-state index contributed by atoms with van der Waals surface area (Å²) in [5, 5.41) is 13.3. The molecule has 20 heavy (non-hydrogen) atoms. The molecule has 2 aromatic rings. The van der Waals surface area contributed by atoms with Gasteiger partial charge < -0.3 is 16.2 Å². The first-order chi connectivity index (χ1) is 9.52. The van der Waals surface area contributed by atoms with Gasteiger partial charge in [0.1, 0.15) is 6.04 Å². The highest BCUT2D eigenvalue weighted by molar-refractivity contribution is 6.05. The van der Waals surface area contributed by atoms with E-state index in [2.05, 4.69) is 5.32 Å². The lowest BCUT2D eigenvalue weighted by atomic mass is 10.0. The SMILES string of the molecule is CC[C@@H](NC(=O)c1cc2ccccc2cc1N)C(=O)O. The summed E-state index contributed by atoms with van der Waals surface area (Å²) in [7, 11) is 0. The van der Waals surface area contributed by atoms with Gasteiger partial charge in [-0.2, -0.15) is 0 Å². The van der Waals surface area contributed by atoms with Crippen LogP contribution < -0.4 is 11.1 Å². The van der Waals surface area contributed by atoms with E-state index in [4.69, 9.17) is 10.8 Å². The maximum absolute atomic E-state index is 12.1. The van der Waals surface area contributed by atoms with E-state index in [1.165, 1.54) is 0 Å². The normalized spacial score (nSPS) is 12.1. The van der Waals surface area contributed by atoms with E-state index in [0.29, 0.717) is 17.7 Å². The monoisotopic (exact) mass is 272 g/mol. The van der Waals surface area contributed by atoms with Crippen LogP contribution >= 0.6 is 0 Å². The van der Waals surface area contributed by atoms with Crippen LogP contribution in [-0.4, -0.2) is 23.0 Å². The molecule has 0 aromatic heterocycles. The zero-order chi connectivity index (χ0) is 14.7. The first-order valence-electron chi connectivity index (χ1n) is 6.35. The fourth-order valence-corrected chi connectivity index (χ4v) is 2.03. The Bertz CT molecular complexity index is 667. The quantitative estimate of drug-likeness (QED) is 0.742. The van der Waals surface area contributed by atoms with Gasteiger partial charge in [-0.05, 0) is 29.3 Å². The van der Waals surface area contributed by atoms with Crippen molar-refractivity contribution < 1.29 is 14.7 Å². The van der Waals surface area contributed by atoms with E-state index in [9.17, 15) is 9.59 Å². The number of aliphatic carboxylic acids is 1. The highest BCUT2D eigenvalue weighted by Gasteiger charge is 2.20. The summed E-state index contributed by atoms with van der Waals surface area (Å²) < 4.78 is 0. The molecule has 0 bridgehead atoms. The van der Waals surface area contributed by atoms with Gasteiger partial charge in [-0.15, -0.1) is 0 Å².